The molecule has 16 heavy (non-hydrogen) atoms. The Labute approximate surface area is 95.1 Å². The molecule has 0 atom stereocenters. The zero-order chi connectivity index (χ0) is 12.1. The van der Waals surface area contributed by atoms with Gasteiger partial charge in [0.1, 0.15) is 0 Å². The summed E-state index contributed by atoms with van der Waals surface area (Å²) in [6, 6.07) is 0.147. The Morgan fingerprint density at radius 2 is 2.00 bits per heavy atom. The number of carbonyl (C=O) groups is 2. The lowest BCUT2D eigenvalue weighted by Crippen LogP contribution is -2.46. The number of amides is 1. The van der Waals surface area contributed by atoms with Crippen LogP contribution in [0.3, 0.4) is 0 Å². The summed E-state index contributed by atoms with van der Waals surface area (Å²) in [5, 5.41) is 11.5. The fraction of sp³-hybridized carbons (Fsp3) is 0.636. The van der Waals surface area contributed by atoms with Crippen molar-refractivity contribution in [3.8, 4) is 0 Å². The molecule has 1 heterocycles. The first-order chi connectivity index (χ1) is 7.49. The summed E-state index contributed by atoms with van der Waals surface area (Å²) in [6.07, 6.45) is 1.60. The predicted molar refractivity (Wildman–Crippen MR) is 60.1 cm³/mol. The summed E-state index contributed by atoms with van der Waals surface area (Å²) in [4.78, 5) is 23.7. The minimum atomic E-state index is -0.801. The molecule has 1 aliphatic rings. The van der Waals surface area contributed by atoms with Crippen LogP contribution in [0.25, 0.3) is 0 Å². The molecule has 0 spiro atoms. The fourth-order valence-corrected chi connectivity index (χ4v) is 1.74. The van der Waals surface area contributed by atoms with E-state index in [4.69, 9.17) is 5.11 Å². The number of carbonyl (C=O) groups excluding carboxylic acids is 1. The fourth-order valence-electron chi connectivity index (χ4n) is 1.74. The van der Waals surface area contributed by atoms with Crippen molar-refractivity contribution >= 4 is 11.9 Å². The molecule has 1 saturated heterocycles. The Balaban J connectivity index is 2.29. The highest BCUT2D eigenvalue weighted by Gasteiger charge is 2.21. The lowest BCUT2D eigenvalue weighted by atomic mass is 10.0. The molecule has 0 saturated carbocycles. The van der Waals surface area contributed by atoms with E-state index in [1.54, 1.807) is 6.92 Å². The van der Waals surface area contributed by atoms with E-state index in [-0.39, 0.29) is 18.5 Å². The number of nitrogens with zero attached hydrogens (tertiary/aromatic N) is 1. The monoisotopic (exact) mass is 226 g/mol. The van der Waals surface area contributed by atoms with Gasteiger partial charge < -0.3 is 10.4 Å². The van der Waals surface area contributed by atoms with E-state index in [1.165, 1.54) is 0 Å². The first kappa shape index (κ1) is 12.7. The number of carboxylic acids is 1. The summed E-state index contributed by atoms with van der Waals surface area (Å²) in [7, 11) is 0. The largest absolute Gasteiger partial charge is 0.480 e. The molecule has 0 bridgehead atoms. The third-order valence-electron chi connectivity index (χ3n) is 2.67. The Morgan fingerprint density at radius 3 is 2.44 bits per heavy atom. The van der Waals surface area contributed by atoms with Crippen molar-refractivity contribution in [3.63, 3.8) is 0 Å². The first-order valence-electron chi connectivity index (χ1n) is 5.39. The quantitative estimate of drug-likeness (QED) is 0.673. The Kier molecular flexibility index (Phi) is 4.49. The molecule has 5 heteroatoms. The van der Waals surface area contributed by atoms with Crippen LogP contribution in [-0.4, -0.2) is 47.6 Å². The smallest absolute Gasteiger partial charge is 0.317 e. The average molecular weight is 226 g/mol. The van der Waals surface area contributed by atoms with Gasteiger partial charge in [-0.1, -0.05) is 6.58 Å². The van der Waals surface area contributed by atoms with Crippen molar-refractivity contribution in [2.75, 3.05) is 19.6 Å². The van der Waals surface area contributed by atoms with Gasteiger partial charge in [-0.15, -0.1) is 0 Å². The third-order valence-corrected chi connectivity index (χ3v) is 2.67. The molecule has 0 aromatic carbocycles. The van der Waals surface area contributed by atoms with E-state index in [0.717, 1.165) is 12.8 Å². The van der Waals surface area contributed by atoms with Crippen molar-refractivity contribution in [2.24, 2.45) is 0 Å². The Hall–Kier alpha value is -1.36. The molecule has 0 aromatic heterocycles. The molecule has 0 unspecified atom stereocenters. The normalized spacial score (nSPS) is 18.1. The first-order valence-corrected chi connectivity index (χ1v) is 5.39. The maximum absolute atomic E-state index is 11.4. The molecule has 0 aliphatic carbocycles. The molecular weight excluding hydrogens is 208 g/mol. The zero-order valence-corrected chi connectivity index (χ0v) is 9.53. The highest BCUT2D eigenvalue weighted by atomic mass is 16.4. The number of nitrogens with one attached hydrogen (secondary N) is 1. The van der Waals surface area contributed by atoms with Crippen molar-refractivity contribution in [1.82, 2.24) is 10.2 Å². The SMILES string of the molecule is C=C(C)C(=O)NC1CCN(CC(=O)O)CC1. The minimum Gasteiger partial charge on any atom is -0.480 e. The molecule has 2 N–H and O–H groups in total. The third kappa shape index (κ3) is 4.02. The number of likely N-dealkylation sites (tertiary alicyclic amines) is 1. The second-order valence-electron chi connectivity index (χ2n) is 4.20. The number of hydrogen-bond donors (Lipinski definition) is 2. The van der Waals surface area contributed by atoms with Gasteiger partial charge in [0.05, 0.1) is 6.54 Å². The molecule has 5 nitrogen and oxygen atoms in total. The average Bonchev–Trinajstić information content (AvgIpc) is 2.20. The van der Waals surface area contributed by atoms with Gasteiger partial charge >= 0.3 is 5.97 Å². The van der Waals surface area contributed by atoms with E-state index >= 15 is 0 Å². The second kappa shape index (κ2) is 5.65. The lowest BCUT2D eigenvalue weighted by molar-refractivity contribution is -0.138. The number of piperidine rings is 1. The van der Waals surface area contributed by atoms with Gasteiger partial charge in [0, 0.05) is 24.7 Å². The molecule has 1 fully saturated rings. The van der Waals surface area contributed by atoms with Gasteiger partial charge in [-0.25, -0.2) is 0 Å². The summed E-state index contributed by atoms with van der Waals surface area (Å²) in [5.74, 6) is -0.916. The van der Waals surface area contributed by atoms with Crippen molar-refractivity contribution in [3.05, 3.63) is 12.2 Å². The summed E-state index contributed by atoms with van der Waals surface area (Å²) in [6.45, 7) is 6.77. The van der Waals surface area contributed by atoms with Crippen LogP contribution >= 0.6 is 0 Å². The van der Waals surface area contributed by atoms with E-state index in [9.17, 15) is 9.59 Å². The minimum absolute atomic E-state index is 0.0845. The van der Waals surface area contributed by atoms with Gasteiger partial charge in [0.15, 0.2) is 0 Å². The lowest BCUT2D eigenvalue weighted by Gasteiger charge is -2.31. The number of carboxylic acid groups (broad SMARTS) is 1. The van der Waals surface area contributed by atoms with Crippen LogP contribution in [-0.2, 0) is 9.59 Å². The van der Waals surface area contributed by atoms with Crippen LogP contribution in [0.4, 0.5) is 0 Å². The standard InChI is InChI=1S/C11H18N2O3/c1-8(2)11(16)12-9-3-5-13(6-4-9)7-10(14)15/h9H,1,3-7H2,2H3,(H,12,16)(H,14,15). The van der Waals surface area contributed by atoms with Gasteiger partial charge in [0.2, 0.25) is 5.91 Å². The Bertz CT molecular complexity index is 294. The van der Waals surface area contributed by atoms with Crippen LogP contribution in [0.15, 0.2) is 12.2 Å². The van der Waals surface area contributed by atoms with Gasteiger partial charge in [-0.05, 0) is 19.8 Å². The van der Waals surface area contributed by atoms with Gasteiger partial charge in [-0.2, -0.15) is 0 Å². The van der Waals surface area contributed by atoms with E-state index in [1.807, 2.05) is 4.90 Å². The predicted octanol–water partition coefficient (Wildman–Crippen LogP) is 0.228. The highest BCUT2D eigenvalue weighted by molar-refractivity contribution is 5.92. The highest BCUT2D eigenvalue weighted by Crippen LogP contribution is 2.10. The van der Waals surface area contributed by atoms with Crippen LogP contribution < -0.4 is 5.32 Å². The molecule has 1 amide bonds. The topological polar surface area (TPSA) is 69.6 Å². The number of rotatable bonds is 4. The summed E-state index contributed by atoms with van der Waals surface area (Å²) < 4.78 is 0. The maximum atomic E-state index is 11.4. The van der Waals surface area contributed by atoms with Crippen molar-refractivity contribution in [1.29, 1.82) is 0 Å². The van der Waals surface area contributed by atoms with Gasteiger partial charge in [-0.3, -0.25) is 14.5 Å². The van der Waals surface area contributed by atoms with Crippen LogP contribution in [0.1, 0.15) is 19.8 Å². The van der Waals surface area contributed by atoms with Crippen molar-refractivity contribution in [2.45, 2.75) is 25.8 Å². The van der Waals surface area contributed by atoms with E-state index in [0.29, 0.717) is 18.7 Å². The van der Waals surface area contributed by atoms with E-state index in [2.05, 4.69) is 11.9 Å². The van der Waals surface area contributed by atoms with Crippen LogP contribution in [0.5, 0.6) is 0 Å². The number of aliphatic carboxylic acids is 1. The van der Waals surface area contributed by atoms with Crippen LogP contribution in [0.2, 0.25) is 0 Å². The van der Waals surface area contributed by atoms with E-state index < -0.39 is 5.97 Å². The molecule has 1 rings (SSSR count). The second-order valence-corrected chi connectivity index (χ2v) is 4.20. The number of hydrogen-bond acceptors (Lipinski definition) is 3. The molecule has 0 radical (unpaired) electrons. The Morgan fingerprint density at radius 1 is 1.44 bits per heavy atom. The summed E-state index contributed by atoms with van der Waals surface area (Å²) in [5.41, 5.74) is 0.507. The molecule has 90 valence electrons. The summed E-state index contributed by atoms with van der Waals surface area (Å²) >= 11 is 0. The molecular formula is C11H18N2O3. The van der Waals surface area contributed by atoms with Crippen molar-refractivity contribution < 1.29 is 14.7 Å². The molecule has 0 aromatic rings. The molecule has 1 aliphatic heterocycles. The zero-order valence-electron chi connectivity index (χ0n) is 9.53. The maximum Gasteiger partial charge on any atom is 0.317 e. The van der Waals surface area contributed by atoms with Crippen LogP contribution in [0, 0.1) is 0 Å². The van der Waals surface area contributed by atoms with Gasteiger partial charge in [0.25, 0.3) is 0 Å².